The van der Waals surface area contributed by atoms with Crippen molar-refractivity contribution < 1.29 is 28.6 Å². The van der Waals surface area contributed by atoms with Gasteiger partial charge in [-0.1, -0.05) is 17.7 Å². The maximum absolute atomic E-state index is 14.0. The number of carboxylic acid groups (broad SMARTS) is 1. The predicted octanol–water partition coefficient (Wildman–Crippen LogP) is 3.94. The van der Waals surface area contributed by atoms with E-state index in [0.717, 1.165) is 0 Å². The molecule has 0 bridgehead atoms. The molecule has 0 saturated heterocycles. The normalized spacial score (nSPS) is 17.9. The summed E-state index contributed by atoms with van der Waals surface area (Å²) in [5, 5.41) is 12.2. The first-order valence-electron chi connectivity index (χ1n) is 8.11. The summed E-state index contributed by atoms with van der Waals surface area (Å²) < 4.78 is 24.4. The zero-order valence-electron chi connectivity index (χ0n) is 14.6. The van der Waals surface area contributed by atoms with Gasteiger partial charge in [0.1, 0.15) is 5.82 Å². The third kappa shape index (κ3) is 3.68. The van der Waals surface area contributed by atoms with Crippen molar-refractivity contribution in [1.82, 2.24) is 0 Å². The summed E-state index contributed by atoms with van der Waals surface area (Å²) in [7, 11) is 2.75. The number of carbonyl (C=O) groups excluding carboxylic acids is 1. The number of hydrogen-bond acceptors (Lipinski definition) is 4. The van der Waals surface area contributed by atoms with Gasteiger partial charge in [0.25, 0.3) is 0 Å². The molecule has 0 heterocycles. The zero-order valence-corrected chi connectivity index (χ0v) is 15.3. The summed E-state index contributed by atoms with van der Waals surface area (Å²) in [5.74, 6) is -2.40. The van der Waals surface area contributed by atoms with Crippen LogP contribution in [0.2, 0.25) is 5.02 Å². The number of carboxylic acids is 1. The van der Waals surface area contributed by atoms with Crippen LogP contribution in [0.15, 0.2) is 30.3 Å². The largest absolute Gasteiger partial charge is 0.493 e. The van der Waals surface area contributed by atoms with E-state index >= 15 is 0 Å². The molecule has 2 unspecified atom stereocenters. The lowest BCUT2D eigenvalue weighted by atomic mass is 10.1. The number of rotatable bonds is 6. The lowest BCUT2D eigenvalue weighted by Crippen LogP contribution is -2.16. The summed E-state index contributed by atoms with van der Waals surface area (Å²) in [6.07, 6.45) is 0.449. The third-order valence-corrected chi connectivity index (χ3v) is 4.81. The Bertz CT molecular complexity index is 897. The Morgan fingerprint density at radius 2 is 2.00 bits per heavy atom. The highest BCUT2D eigenvalue weighted by molar-refractivity contribution is 6.31. The molecular weight excluding hydrogens is 377 g/mol. The number of methoxy groups -OCH3 is 2. The Kier molecular flexibility index (Phi) is 5.23. The molecule has 2 atom stereocenters. The number of carbonyl (C=O) groups is 2. The molecule has 1 fully saturated rings. The van der Waals surface area contributed by atoms with E-state index in [1.165, 1.54) is 38.5 Å². The maximum Gasteiger partial charge on any atom is 0.335 e. The Hall–Kier alpha value is -2.80. The quantitative estimate of drug-likeness (QED) is 0.776. The first-order chi connectivity index (χ1) is 12.9. The van der Waals surface area contributed by atoms with E-state index in [-0.39, 0.29) is 39.6 Å². The molecule has 2 aromatic carbocycles. The zero-order chi connectivity index (χ0) is 19.7. The molecule has 0 aliphatic heterocycles. The molecule has 2 aromatic rings. The molecule has 142 valence electrons. The number of anilines is 1. The van der Waals surface area contributed by atoms with Crippen molar-refractivity contribution in [3.63, 3.8) is 0 Å². The molecule has 0 spiro atoms. The van der Waals surface area contributed by atoms with Gasteiger partial charge in [0.2, 0.25) is 5.91 Å². The van der Waals surface area contributed by atoms with Crippen LogP contribution in [0.25, 0.3) is 0 Å². The Morgan fingerprint density at radius 3 is 2.59 bits per heavy atom. The average Bonchev–Trinajstić information content (AvgIpc) is 3.41. The molecule has 0 aromatic heterocycles. The Labute approximate surface area is 159 Å². The molecule has 3 rings (SSSR count). The highest BCUT2D eigenvalue weighted by Crippen LogP contribution is 2.51. The van der Waals surface area contributed by atoms with Crippen LogP contribution in [-0.4, -0.2) is 31.2 Å². The second-order valence-corrected chi connectivity index (χ2v) is 6.54. The first-order valence-corrected chi connectivity index (χ1v) is 8.49. The smallest absolute Gasteiger partial charge is 0.335 e. The minimum atomic E-state index is -1.17. The van der Waals surface area contributed by atoms with Crippen molar-refractivity contribution >= 4 is 29.2 Å². The van der Waals surface area contributed by atoms with Crippen molar-refractivity contribution in [3.8, 4) is 11.5 Å². The number of hydrogen-bond donors (Lipinski definition) is 2. The van der Waals surface area contributed by atoms with Gasteiger partial charge >= 0.3 is 5.97 Å². The standard InChI is InChI=1S/C19H17ClFNO5/c1-26-15-7-9(19(24)25)6-14(17(15)27-2)22-18(23)11-8-10(11)16-12(20)4-3-5-13(16)21/h3-7,10-11H,8H2,1-2H3,(H,22,23)(H,24,25). The lowest BCUT2D eigenvalue weighted by molar-refractivity contribution is -0.117. The number of halogens is 2. The van der Waals surface area contributed by atoms with Crippen LogP contribution in [-0.2, 0) is 4.79 Å². The molecular formula is C19H17ClFNO5. The maximum atomic E-state index is 14.0. The number of aromatic carboxylic acids is 1. The predicted molar refractivity (Wildman–Crippen MR) is 97.4 cm³/mol. The summed E-state index contributed by atoms with van der Waals surface area (Å²) in [4.78, 5) is 23.9. The van der Waals surface area contributed by atoms with E-state index in [4.69, 9.17) is 21.1 Å². The van der Waals surface area contributed by atoms with Gasteiger partial charge in [-0.15, -0.1) is 0 Å². The average molecular weight is 394 g/mol. The van der Waals surface area contributed by atoms with Crippen LogP contribution in [0.1, 0.15) is 28.3 Å². The van der Waals surface area contributed by atoms with Crippen LogP contribution < -0.4 is 14.8 Å². The van der Waals surface area contributed by atoms with Gasteiger partial charge < -0.3 is 19.9 Å². The van der Waals surface area contributed by atoms with Crippen LogP contribution in [0.4, 0.5) is 10.1 Å². The summed E-state index contributed by atoms with van der Waals surface area (Å²) in [6.45, 7) is 0. The molecule has 1 saturated carbocycles. The van der Waals surface area contributed by atoms with Crippen molar-refractivity contribution in [3.05, 3.63) is 52.3 Å². The summed E-state index contributed by atoms with van der Waals surface area (Å²) in [6, 6.07) is 6.98. The number of amides is 1. The Morgan fingerprint density at radius 1 is 1.26 bits per heavy atom. The van der Waals surface area contributed by atoms with Gasteiger partial charge in [-0.2, -0.15) is 0 Å². The van der Waals surface area contributed by atoms with E-state index in [0.29, 0.717) is 12.0 Å². The van der Waals surface area contributed by atoms with Crippen molar-refractivity contribution in [2.24, 2.45) is 5.92 Å². The first kappa shape index (κ1) is 19.0. The van der Waals surface area contributed by atoms with Gasteiger partial charge in [-0.25, -0.2) is 9.18 Å². The number of ether oxygens (including phenoxy) is 2. The highest BCUT2D eigenvalue weighted by Gasteiger charge is 2.46. The monoisotopic (exact) mass is 393 g/mol. The fraction of sp³-hybridized carbons (Fsp3) is 0.263. The van der Waals surface area contributed by atoms with Crippen molar-refractivity contribution in [2.45, 2.75) is 12.3 Å². The van der Waals surface area contributed by atoms with Gasteiger partial charge in [0.05, 0.1) is 25.5 Å². The van der Waals surface area contributed by atoms with Crippen LogP contribution in [0.3, 0.4) is 0 Å². The van der Waals surface area contributed by atoms with Crippen LogP contribution in [0.5, 0.6) is 11.5 Å². The molecule has 27 heavy (non-hydrogen) atoms. The van der Waals surface area contributed by atoms with E-state index in [1.807, 2.05) is 0 Å². The second-order valence-electron chi connectivity index (χ2n) is 6.14. The van der Waals surface area contributed by atoms with Crippen molar-refractivity contribution in [2.75, 3.05) is 19.5 Å². The minimum absolute atomic E-state index is 0.0626. The topological polar surface area (TPSA) is 84.9 Å². The molecule has 0 radical (unpaired) electrons. The van der Waals surface area contributed by atoms with E-state index in [2.05, 4.69) is 5.32 Å². The molecule has 1 aliphatic carbocycles. The van der Waals surface area contributed by atoms with E-state index < -0.39 is 17.7 Å². The number of benzene rings is 2. The molecule has 1 amide bonds. The molecule has 6 nitrogen and oxygen atoms in total. The van der Waals surface area contributed by atoms with Gasteiger partial charge in [-0.3, -0.25) is 4.79 Å². The van der Waals surface area contributed by atoms with E-state index in [1.54, 1.807) is 6.07 Å². The third-order valence-electron chi connectivity index (χ3n) is 4.48. The van der Waals surface area contributed by atoms with Crippen LogP contribution in [0, 0.1) is 11.7 Å². The fourth-order valence-electron chi connectivity index (χ4n) is 3.07. The number of nitrogens with one attached hydrogen (secondary N) is 1. The van der Waals surface area contributed by atoms with Crippen LogP contribution >= 0.6 is 11.6 Å². The summed E-state index contributed by atoms with van der Waals surface area (Å²) >= 11 is 6.06. The van der Waals surface area contributed by atoms with Gasteiger partial charge in [0, 0.05) is 22.4 Å². The Balaban J connectivity index is 1.85. The molecule has 2 N–H and O–H groups in total. The van der Waals surface area contributed by atoms with Gasteiger partial charge in [0.15, 0.2) is 11.5 Å². The molecule has 1 aliphatic rings. The van der Waals surface area contributed by atoms with Crippen molar-refractivity contribution in [1.29, 1.82) is 0 Å². The van der Waals surface area contributed by atoms with Gasteiger partial charge in [-0.05, 0) is 30.7 Å². The van der Waals surface area contributed by atoms with E-state index in [9.17, 15) is 19.1 Å². The SMILES string of the molecule is COc1cc(C(=O)O)cc(NC(=O)C2CC2c2c(F)cccc2Cl)c1OC. The fourth-order valence-corrected chi connectivity index (χ4v) is 3.38. The summed E-state index contributed by atoms with van der Waals surface area (Å²) in [5.41, 5.74) is 0.431. The lowest BCUT2D eigenvalue weighted by Gasteiger charge is -2.15. The minimum Gasteiger partial charge on any atom is -0.493 e. The highest BCUT2D eigenvalue weighted by atomic mass is 35.5. The molecule has 8 heteroatoms. The second kappa shape index (κ2) is 7.44.